The van der Waals surface area contributed by atoms with Crippen LogP contribution in [0.15, 0.2) is 18.2 Å². The number of nitrogens with zero attached hydrogens (tertiary/aromatic N) is 1. The molecule has 0 saturated carbocycles. The predicted octanol–water partition coefficient (Wildman–Crippen LogP) is 0.577. The van der Waals surface area contributed by atoms with Gasteiger partial charge in [-0.2, -0.15) is 0 Å². The number of hydrogen-bond acceptors (Lipinski definition) is 5. The Labute approximate surface area is 139 Å². The summed E-state index contributed by atoms with van der Waals surface area (Å²) in [7, 11) is 0. The van der Waals surface area contributed by atoms with Gasteiger partial charge in [-0.1, -0.05) is 6.07 Å². The number of nitrogens with one attached hydrogen (secondary N) is 2. The molecule has 8 heteroatoms. The molecule has 1 atom stereocenters. The zero-order valence-corrected chi connectivity index (χ0v) is 13.3. The van der Waals surface area contributed by atoms with E-state index in [2.05, 4.69) is 10.6 Å². The summed E-state index contributed by atoms with van der Waals surface area (Å²) in [4.78, 5) is 36.4. The molecule has 2 aliphatic heterocycles. The second-order valence-electron chi connectivity index (χ2n) is 5.65. The summed E-state index contributed by atoms with van der Waals surface area (Å²) in [6.45, 7) is 2.85. The van der Waals surface area contributed by atoms with Crippen LogP contribution < -0.4 is 20.1 Å². The second kappa shape index (κ2) is 6.77. The minimum Gasteiger partial charge on any atom is -0.486 e. The van der Waals surface area contributed by atoms with Crippen molar-refractivity contribution in [3.05, 3.63) is 23.8 Å². The van der Waals surface area contributed by atoms with Crippen molar-refractivity contribution in [3.8, 4) is 11.5 Å². The lowest BCUT2D eigenvalue weighted by Crippen LogP contribution is -2.53. The van der Waals surface area contributed by atoms with Crippen molar-refractivity contribution < 1.29 is 23.9 Å². The third-order valence-corrected chi connectivity index (χ3v) is 3.91. The standard InChI is InChI=1S/C16H19N3O5/c1-10(11-2-3-12-13(8-11)24-7-6-23-12)18-14(20)9-19-15(21)4-5-17-16(19)22/h2-3,8,10H,4-7,9H2,1H3,(H,17,22)(H,18,20)/t10-/m1/s1. The van der Waals surface area contributed by atoms with Crippen molar-refractivity contribution in [2.45, 2.75) is 19.4 Å². The zero-order valence-electron chi connectivity index (χ0n) is 13.3. The summed E-state index contributed by atoms with van der Waals surface area (Å²) in [6.07, 6.45) is 0.205. The number of amides is 4. The van der Waals surface area contributed by atoms with Crippen LogP contribution in [0, 0.1) is 0 Å². The van der Waals surface area contributed by atoms with Gasteiger partial charge in [-0.05, 0) is 24.6 Å². The number of hydrogen-bond donors (Lipinski definition) is 2. The highest BCUT2D eigenvalue weighted by molar-refractivity contribution is 6.00. The third kappa shape index (κ3) is 3.42. The van der Waals surface area contributed by atoms with Gasteiger partial charge in [-0.25, -0.2) is 4.79 Å². The Morgan fingerprint density at radius 3 is 2.79 bits per heavy atom. The molecule has 2 N–H and O–H groups in total. The lowest BCUT2D eigenvalue weighted by atomic mass is 10.1. The van der Waals surface area contributed by atoms with E-state index in [-0.39, 0.29) is 24.9 Å². The van der Waals surface area contributed by atoms with E-state index in [4.69, 9.17) is 9.47 Å². The fourth-order valence-electron chi connectivity index (χ4n) is 2.62. The molecule has 0 bridgehead atoms. The first-order chi connectivity index (χ1) is 11.5. The van der Waals surface area contributed by atoms with Crippen LogP contribution in [0.1, 0.15) is 24.9 Å². The van der Waals surface area contributed by atoms with Crippen molar-refractivity contribution in [2.75, 3.05) is 26.3 Å². The first kappa shape index (κ1) is 16.1. The first-order valence-corrected chi connectivity index (χ1v) is 7.81. The van der Waals surface area contributed by atoms with E-state index in [9.17, 15) is 14.4 Å². The maximum Gasteiger partial charge on any atom is 0.324 e. The fraction of sp³-hybridized carbons (Fsp3) is 0.438. The SMILES string of the molecule is C[C@@H](NC(=O)CN1C(=O)CCNC1=O)c1ccc2c(c1)OCCO2. The molecule has 1 saturated heterocycles. The number of rotatable bonds is 4. The van der Waals surface area contributed by atoms with E-state index in [0.29, 0.717) is 31.3 Å². The van der Waals surface area contributed by atoms with Crippen molar-refractivity contribution in [2.24, 2.45) is 0 Å². The van der Waals surface area contributed by atoms with Crippen LogP contribution in [0.3, 0.4) is 0 Å². The van der Waals surface area contributed by atoms with Crippen LogP contribution in [0.4, 0.5) is 4.79 Å². The maximum atomic E-state index is 12.1. The van der Waals surface area contributed by atoms with Crippen molar-refractivity contribution >= 4 is 17.8 Å². The first-order valence-electron chi connectivity index (χ1n) is 7.81. The molecule has 0 aliphatic carbocycles. The normalized spacial score (nSPS) is 18.0. The summed E-state index contributed by atoms with van der Waals surface area (Å²) in [5, 5.41) is 5.32. The molecule has 24 heavy (non-hydrogen) atoms. The largest absolute Gasteiger partial charge is 0.486 e. The molecule has 128 valence electrons. The monoisotopic (exact) mass is 333 g/mol. The van der Waals surface area contributed by atoms with Gasteiger partial charge in [0, 0.05) is 13.0 Å². The highest BCUT2D eigenvalue weighted by atomic mass is 16.6. The minimum atomic E-state index is -0.534. The van der Waals surface area contributed by atoms with Gasteiger partial charge < -0.3 is 20.1 Å². The number of urea groups is 1. The Bertz CT molecular complexity index is 660. The Morgan fingerprint density at radius 2 is 2.04 bits per heavy atom. The molecule has 1 fully saturated rings. The van der Waals surface area contributed by atoms with E-state index in [1.54, 1.807) is 6.07 Å². The molecule has 0 aromatic heterocycles. The molecule has 0 radical (unpaired) electrons. The van der Waals surface area contributed by atoms with Crippen molar-refractivity contribution in [1.82, 2.24) is 15.5 Å². The average molecular weight is 333 g/mol. The lowest BCUT2D eigenvalue weighted by molar-refractivity contribution is -0.134. The number of imide groups is 1. The van der Waals surface area contributed by atoms with Gasteiger partial charge in [0.1, 0.15) is 19.8 Å². The molecule has 2 heterocycles. The lowest BCUT2D eigenvalue weighted by Gasteiger charge is -2.26. The van der Waals surface area contributed by atoms with Crippen molar-refractivity contribution in [3.63, 3.8) is 0 Å². The number of carbonyl (C=O) groups is 3. The van der Waals surface area contributed by atoms with Crippen molar-refractivity contribution in [1.29, 1.82) is 0 Å². The number of fused-ring (bicyclic) bond motifs is 1. The van der Waals surface area contributed by atoms with Crippen LogP contribution in [0.25, 0.3) is 0 Å². The maximum absolute atomic E-state index is 12.1. The number of ether oxygens (including phenoxy) is 2. The molecule has 0 spiro atoms. The molecular formula is C16H19N3O5. The summed E-state index contributed by atoms with van der Waals surface area (Å²) in [5.74, 6) is 0.577. The van der Waals surface area contributed by atoms with Gasteiger partial charge in [0.25, 0.3) is 0 Å². The van der Waals surface area contributed by atoms with E-state index >= 15 is 0 Å². The molecule has 4 amide bonds. The van der Waals surface area contributed by atoms with Gasteiger partial charge >= 0.3 is 6.03 Å². The summed E-state index contributed by atoms with van der Waals surface area (Å²) < 4.78 is 11.0. The van der Waals surface area contributed by atoms with Crippen LogP contribution in [-0.4, -0.2) is 49.0 Å². The molecule has 3 rings (SSSR count). The average Bonchev–Trinajstić information content (AvgIpc) is 2.58. The van der Waals surface area contributed by atoms with Gasteiger partial charge in [-0.3, -0.25) is 14.5 Å². The Kier molecular flexibility index (Phi) is 4.54. The predicted molar refractivity (Wildman–Crippen MR) is 83.7 cm³/mol. The van der Waals surface area contributed by atoms with Crippen LogP contribution in [-0.2, 0) is 9.59 Å². The second-order valence-corrected chi connectivity index (χ2v) is 5.65. The van der Waals surface area contributed by atoms with E-state index in [1.165, 1.54) is 0 Å². The van der Waals surface area contributed by atoms with Gasteiger partial charge in [0.15, 0.2) is 11.5 Å². The third-order valence-electron chi connectivity index (χ3n) is 3.91. The molecule has 1 aromatic carbocycles. The smallest absolute Gasteiger partial charge is 0.324 e. The van der Waals surface area contributed by atoms with E-state index < -0.39 is 11.9 Å². The van der Waals surface area contributed by atoms with Crippen LogP contribution >= 0.6 is 0 Å². The Hall–Kier alpha value is -2.77. The fourth-order valence-corrected chi connectivity index (χ4v) is 2.62. The quantitative estimate of drug-likeness (QED) is 0.840. The highest BCUT2D eigenvalue weighted by Gasteiger charge is 2.28. The molecule has 1 aromatic rings. The molecule has 8 nitrogen and oxygen atoms in total. The molecular weight excluding hydrogens is 314 g/mol. The summed E-state index contributed by atoms with van der Waals surface area (Å²) in [5.41, 5.74) is 0.849. The number of carbonyl (C=O) groups excluding carboxylic acids is 3. The Balaban J connectivity index is 1.61. The highest BCUT2D eigenvalue weighted by Crippen LogP contribution is 2.32. The molecule has 2 aliphatic rings. The summed E-state index contributed by atoms with van der Waals surface area (Å²) >= 11 is 0. The van der Waals surface area contributed by atoms with Crippen LogP contribution in [0.5, 0.6) is 11.5 Å². The topological polar surface area (TPSA) is 97.0 Å². The van der Waals surface area contributed by atoms with E-state index in [1.807, 2.05) is 19.1 Å². The summed E-state index contributed by atoms with van der Waals surface area (Å²) in [6, 6.07) is 4.63. The Morgan fingerprint density at radius 1 is 1.29 bits per heavy atom. The van der Waals surface area contributed by atoms with Gasteiger partial charge in [-0.15, -0.1) is 0 Å². The zero-order chi connectivity index (χ0) is 17.1. The van der Waals surface area contributed by atoms with E-state index in [0.717, 1.165) is 10.5 Å². The minimum absolute atomic E-state index is 0.205. The van der Waals surface area contributed by atoms with Crippen LogP contribution in [0.2, 0.25) is 0 Å². The molecule has 0 unspecified atom stereocenters. The van der Waals surface area contributed by atoms with Gasteiger partial charge in [0.05, 0.1) is 6.04 Å². The van der Waals surface area contributed by atoms with Gasteiger partial charge in [0.2, 0.25) is 11.8 Å². The number of benzene rings is 1.